The van der Waals surface area contributed by atoms with Crippen LogP contribution in [-0.4, -0.2) is 93.0 Å². The summed E-state index contributed by atoms with van der Waals surface area (Å²) in [6.07, 6.45) is 23.1. The summed E-state index contributed by atoms with van der Waals surface area (Å²) in [4.78, 5) is 23.2. The predicted octanol–water partition coefficient (Wildman–Crippen LogP) is 7.65. The van der Waals surface area contributed by atoms with E-state index in [-0.39, 0.29) is 6.61 Å². The molecule has 2 aliphatic heterocycles. The largest absolute Gasteiger partial charge is 0.463 e. The fourth-order valence-electron chi connectivity index (χ4n) is 6.18. The molecule has 2 rings (SSSR count). The second-order valence-corrected chi connectivity index (χ2v) is 17.9. The molecule has 0 aliphatic carbocycles. The number of unbranched alkanes of at least 4 members (excludes halogenated alkanes) is 15. The molecule has 0 aromatic rings. The van der Waals surface area contributed by atoms with Crippen LogP contribution < -0.4 is 0 Å². The minimum absolute atomic E-state index is 0.103. The number of fused-ring (bicyclic) bond motifs is 1. The quantitative estimate of drug-likeness (QED) is 0.0721. The molecule has 2 aliphatic rings. The fourth-order valence-corrected chi connectivity index (χ4v) is 7.91. The number of methoxy groups -OCH3 is 1. The Bertz CT molecular complexity index is 825. The second kappa shape index (κ2) is 21.9. The van der Waals surface area contributed by atoms with Gasteiger partial charge < -0.3 is 28.4 Å². The minimum atomic E-state index is -1.33. The van der Waals surface area contributed by atoms with E-state index in [2.05, 4.69) is 19.4 Å². The van der Waals surface area contributed by atoms with Crippen LogP contribution in [0, 0.1) is 0 Å². The van der Waals surface area contributed by atoms with E-state index in [1.165, 1.54) is 129 Å². The van der Waals surface area contributed by atoms with Crippen LogP contribution in [0.5, 0.6) is 0 Å². The Morgan fingerprint density at radius 2 is 1.27 bits per heavy atom. The van der Waals surface area contributed by atoms with E-state index in [1.807, 2.05) is 0 Å². The normalized spacial score (nSPS) is 26.9. The van der Waals surface area contributed by atoms with Crippen molar-refractivity contribution >= 4 is 22.0 Å². The van der Waals surface area contributed by atoms with Gasteiger partial charge in [0.05, 0.1) is 6.61 Å². The highest BCUT2D eigenvalue weighted by atomic mass is 32.3. The molecule has 2 saturated heterocycles. The maximum absolute atomic E-state index is 11.8. The molecule has 0 saturated carbocycles. The van der Waals surface area contributed by atoms with Crippen molar-refractivity contribution in [3.63, 3.8) is 0 Å². The lowest BCUT2D eigenvalue weighted by Crippen LogP contribution is -2.59. The molecule has 6 atom stereocenters. The highest BCUT2D eigenvalue weighted by molar-refractivity contribution is 8.32. The first-order chi connectivity index (χ1) is 21.5. The van der Waals surface area contributed by atoms with E-state index in [1.54, 1.807) is 6.92 Å². The number of carbonyl (C=O) groups excluding carboxylic acids is 2. The van der Waals surface area contributed by atoms with Gasteiger partial charge in [-0.1, -0.05) is 103 Å². The summed E-state index contributed by atoms with van der Waals surface area (Å²) in [5.74, 6) is -0.104. The van der Waals surface area contributed by atoms with Crippen molar-refractivity contribution in [3.8, 4) is 0 Å². The van der Waals surface area contributed by atoms with Crippen LogP contribution >= 0.6 is 10.0 Å². The number of hydrogen-bond donors (Lipinski definition) is 0. The smallest absolute Gasteiger partial charge is 0.303 e. The lowest BCUT2D eigenvalue weighted by molar-refractivity contribution is -0.342. The summed E-state index contributed by atoms with van der Waals surface area (Å²) >= 11 is 0. The molecule has 6 unspecified atom stereocenters. The summed E-state index contributed by atoms with van der Waals surface area (Å²) in [7, 11) is 0.706. The van der Waals surface area contributed by atoms with Crippen LogP contribution in [0.15, 0.2) is 0 Å². The second-order valence-electron chi connectivity index (χ2n) is 13.5. The molecule has 0 bridgehead atoms. The maximum Gasteiger partial charge on any atom is 0.303 e. The number of hydrogen-bond acceptors (Lipinski definition) is 9. The molecular weight excluding hydrogens is 596 g/mol. The van der Waals surface area contributed by atoms with Gasteiger partial charge in [0.25, 0.3) is 5.97 Å². The molecule has 9 nitrogen and oxygen atoms in total. The highest BCUT2D eigenvalue weighted by Gasteiger charge is 2.58. The Hall–Kier alpha value is -0.910. The van der Waals surface area contributed by atoms with E-state index >= 15 is 0 Å². The standard InChI is InChI=1S/C35H66O9S/c1-8-9-10-11-12-13-14-15-16-17-18-19-20-21-22-23-25-45(6,7)26-24-40-35(4)43-33-32(38-5)31(41-29(3)37)30(27-39-28(2)36)42-34(33)44-35/h30-34H,8-27H2,1-7H3. The van der Waals surface area contributed by atoms with Gasteiger partial charge in [-0.25, -0.2) is 10.0 Å². The van der Waals surface area contributed by atoms with Gasteiger partial charge in [-0.05, 0) is 24.7 Å². The van der Waals surface area contributed by atoms with Crippen LogP contribution in [0.1, 0.15) is 130 Å². The Kier molecular flexibility index (Phi) is 19.6. The van der Waals surface area contributed by atoms with Crippen molar-refractivity contribution in [2.45, 2.75) is 167 Å². The lowest BCUT2D eigenvalue weighted by atomic mass is 9.98. The molecule has 45 heavy (non-hydrogen) atoms. The van der Waals surface area contributed by atoms with Crippen molar-refractivity contribution in [2.75, 3.05) is 44.3 Å². The molecule has 10 heteroatoms. The highest BCUT2D eigenvalue weighted by Crippen LogP contribution is 2.43. The van der Waals surface area contributed by atoms with Crippen LogP contribution in [0.2, 0.25) is 0 Å². The molecule has 2 fully saturated rings. The summed E-state index contributed by atoms with van der Waals surface area (Å²) in [5.41, 5.74) is 0. The third-order valence-corrected chi connectivity index (χ3v) is 11.5. The van der Waals surface area contributed by atoms with E-state index in [9.17, 15) is 9.59 Å². The van der Waals surface area contributed by atoms with Gasteiger partial charge in [0.15, 0.2) is 12.4 Å². The van der Waals surface area contributed by atoms with Gasteiger partial charge in [0, 0.05) is 33.6 Å². The van der Waals surface area contributed by atoms with E-state index in [0.29, 0.717) is 6.61 Å². The molecule has 266 valence electrons. The van der Waals surface area contributed by atoms with Crippen molar-refractivity contribution in [1.82, 2.24) is 0 Å². The average molecular weight is 663 g/mol. The third kappa shape index (κ3) is 16.2. The average Bonchev–Trinajstić information content (AvgIpc) is 3.30. The zero-order chi connectivity index (χ0) is 33.1. The van der Waals surface area contributed by atoms with Crippen LogP contribution in [0.3, 0.4) is 0 Å². The molecule has 2 heterocycles. The zero-order valence-corrected chi connectivity index (χ0v) is 30.4. The molecule has 0 spiro atoms. The van der Waals surface area contributed by atoms with Gasteiger partial charge in [-0.15, -0.1) is 0 Å². The van der Waals surface area contributed by atoms with Crippen molar-refractivity contribution in [2.24, 2.45) is 0 Å². The van der Waals surface area contributed by atoms with Crippen LogP contribution in [0.4, 0.5) is 0 Å². The van der Waals surface area contributed by atoms with E-state index < -0.39 is 58.6 Å². The Labute approximate surface area is 275 Å². The lowest BCUT2D eigenvalue weighted by Gasteiger charge is -2.40. The summed E-state index contributed by atoms with van der Waals surface area (Å²) in [6, 6.07) is 0. The Morgan fingerprint density at radius 3 is 1.76 bits per heavy atom. The predicted molar refractivity (Wildman–Crippen MR) is 181 cm³/mol. The molecular formula is C35H66O9S. The number of esters is 2. The van der Waals surface area contributed by atoms with Gasteiger partial charge in [-0.3, -0.25) is 14.3 Å². The summed E-state index contributed by atoms with van der Waals surface area (Å²) in [5, 5.41) is 0. The first-order valence-electron chi connectivity index (χ1n) is 17.7. The van der Waals surface area contributed by atoms with Crippen molar-refractivity contribution < 1.29 is 42.7 Å². The topological polar surface area (TPSA) is 98.8 Å². The number of rotatable bonds is 25. The van der Waals surface area contributed by atoms with Crippen LogP contribution in [0.25, 0.3) is 0 Å². The SMILES string of the molecule is CCCCCCCCCCCCCCCCCCS(C)(C)CCOC1(C)OC2OC(COC(C)=O)C(OC(C)=O)C(OC)C2O1. The summed E-state index contributed by atoms with van der Waals surface area (Å²) < 4.78 is 40.7. The van der Waals surface area contributed by atoms with Gasteiger partial charge >= 0.3 is 11.9 Å². The van der Waals surface area contributed by atoms with Crippen molar-refractivity contribution in [3.05, 3.63) is 0 Å². The van der Waals surface area contributed by atoms with Crippen LogP contribution in [-0.2, 0) is 42.7 Å². The summed E-state index contributed by atoms with van der Waals surface area (Å²) in [6.45, 7) is 7.02. The molecule has 0 amide bonds. The Balaban J connectivity index is 1.61. The monoisotopic (exact) mass is 662 g/mol. The molecule has 0 aromatic carbocycles. The van der Waals surface area contributed by atoms with E-state index in [4.69, 9.17) is 33.2 Å². The molecule has 0 N–H and O–H groups in total. The Morgan fingerprint density at radius 1 is 0.733 bits per heavy atom. The minimum Gasteiger partial charge on any atom is -0.463 e. The van der Waals surface area contributed by atoms with Gasteiger partial charge in [-0.2, -0.15) is 0 Å². The van der Waals surface area contributed by atoms with Gasteiger partial charge in [0.1, 0.15) is 24.9 Å². The molecule has 0 aromatic heterocycles. The van der Waals surface area contributed by atoms with Gasteiger partial charge in [0.2, 0.25) is 0 Å². The third-order valence-electron chi connectivity index (χ3n) is 8.85. The number of ether oxygens (including phenoxy) is 7. The number of carbonyl (C=O) groups is 2. The fraction of sp³-hybridized carbons (Fsp3) is 0.943. The first kappa shape index (κ1) is 40.3. The van der Waals surface area contributed by atoms with Crippen molar-refractivity contribution in [1.29, 1.82) is 0 Å². The van der Waals surface area contributed by atoms with E-state index in [0.717, 1.165) is 5.75 Å². The maximum atomic E-state index is 11.8. The first-order valence-corrected chi connectivity index (χ1v) is 20.5. The zero-order valence-electron chi connectivity index (χ0n) is 29.6. The molecule has 0 radical (unpaired) electrons.